The third-order valence-electron chi connectivity index (χ3n) is 1.40. The van der Waals surface area contributed by atoms with Crippen LogP contribution in [0.15, 0.2) is 29.4 Å². The van der Waals surface area contributed by atoms with Crippen molar-refractivity contribution in [3.63, 3.8) is 0 Å². The zero-order chi connectivity index (χ0) is 10.6. The van der Waals surface area contributed by atoms with Crippen molar-refractivity contribution in [3.05, 3.63) is 24.4 Å². The molecule has 0 radical (unpaired) electrons. The number of nitrogens with zero attached hydrogens (tertiary/aromatic N) is 1. The third kappa shape index (κ3) is 3.55. The number of aliphatic hydroxyl groups excluding tert-OH is 1. The third-order valence-corrected chi connectivity index (χ3v) is 2.42. The normalized spacial score (nSPS) is 14.0. The summed E-state index contributed by atoms with van der Waals surface area (Å²) in [7, 11) is 0. The minimum Gasteiger partial charge on any atom is -0.383 e. The van der Waals surface area contributed by atoms with Crippen molar-refractivity contribution >= 4 is 11.8 Å². The SMILES string of the molecule is O[C@@H](CSc1ccccn1)C(F)(F)F. The highest BCUT2D eigenvalue weighted by Gasteiger charge is 2.37. The van der Waals surface area contributed by atoms with Crippen molar-refractivity contribution < 1.29 is 18.3 Å². The maximum atomic E-state index is 11.9. The van der Waals surface area contributed by atoms with Crippen LogP contribution in [0.2, 0.25) is 0 Å². The number of halogens is 3. The first-order valence-corrected chi connectivity index (χ1v) is 4.77. The van der Waals surface area contributed by atoms with Gasteiger partial charge in [0.1, 0.15) is 0 Å². The molecule has 0 aliphatic carbocycles. The first-order chi connectivity index (χ1) is 6.50. The molecule has 0 saturated heterocycles. The fourth-order valence-electron chi connectivity index (χ4n) is 0.691. The van der Waals surface area contributed by atoms with Gasteiger partial charge in [-0.15, -0.1) is 11.8 Å². The molecule has 0 aliphatic rings. The Kier molecular flexibility index (Phi) is 3.77. The van der Waals surface area contributed by atoms with Crippen LogP contribution in [-0.2, 0) is 0 Å². The average Bonchev–Trinajstić information content (AvgIpc) is 2.14. The van der Waals surface area contributed by atoms with Crippen LogP contribution in [0.4, 0.5) is 13.2 Å². The first-order valence-electron chi connectivity index (χ1n) is 3.79. The molecular formula is C8H8F3NOS. The second kappa shape index (κ2) is 4.65. The van der Waals surface area contributed by atoms with Crippen molar-refractivity contribution in [1.82, 2.24) is 4.98 Å². The van der Waals surface area contributed by atoms with Gasteiger partial charge in [-0.05, 0) is 12.1 Å². The maximum Gasteiger partial charge on any atom is 0.415 e. The van der Waals surface area contributed by atoms with Crippen LogP contribution >= 0.6 is 11.8 Å². The van der Waals surface area contributed by atoms with E-state index >= 15 is 0 Å². The molecule has 0 amide bonds. The largest absolute Gasteiger partial charge is 0.415 e. The zero-order valence-corrected chi connectivity index (χ0v) is 7.85. The van der Waals surface area contributed by atoms with Crippen LogP contribution in [0.1, 0.15) is 0 Å². The van der Waals surface area contributed by atoms with Gasteiger partial charge in [-0.1, -0.05) is 6.07 Å². The average molecular weight is 223 g/mol. The molecule has 0 bridgehead atoms. The summed E-state index contributed by atoms with van der Waals surface area (Å²) < 4.78 is 35.6. The Morgan fingerprint density at radius 1 is 1.43 bits per heavy atom. The van der Waals surface area contributed by atoms with Crippen LogP contribution < -0.4 is 0 Å². The zero-order valence-electron chi connectivity index (χ0n) is 7.03. The molecule has 14 heavy (non-hydrogen) atoms. The molecule has 1 atom stereocenters. The number of aliphatic hydroxyl groups is 1. The second-order valence-corrected chi connectivity index (χ2v) is 3.58. The number of pyridine rings is 1. The van der Waals surface area contributed by atoms with Crippen LogP contribution in [0.3, 0.4) is 0 Å². The molecule has 1 aromatic heterocycles. The Balaban J connectivity index is 2.42. The van der Waals surface area contributed by atoms with Crippen molar-refractivity contribution in [2.45, 2.75) is 17.3 Å². The van der Waals surface area contributed by atoms with E-state index in [4.69, 9.17) is 5.11 Å². The molecule has 0 aromatic carbocycles. The molecule has 1 heterocycles. The summed E-state index contributed by atoms with van der Waals surface area (Å²) in [5, 5.41) is 9.14. The van der Waals surface area contributed by atoms with Gasteiger partial charge in [-0.3, -0.25) is 0 Å². The topological polar surface area (TPSA) is 33.1 Å². The summed E-state index contributed by atoms with van der Waals surface area (Å²) in [6, 6.07) is 4.94. The van der Waals surface area contributed by atoms with Gasteiger partial charge in [0.2, 0.25) is 0 Å². The number of rotatable bonds is 3. The lowest BCUT2D eigenvalue weighted by Gasteiger charge is -2.13. The quantitative estimate of drug-likeness (QED) is 0.796. The van der Waals surface area contributed by atoms with E-state index in [2.05, 4.69) is 4.98 Å². The first kappa shape index (κ1) is 11.3. The van der Waals surface area contributed by atoms with Crippen LogP contribution in [0.5, 0.6) is 0 Å². The van der Waals surface area contributed by atoms with E-state index in [1.807, 2.05) is 0 Å². The number of hydrogen-bond acceptors (Lipinski definition) is 3. The summed E-state index contributed by atoms with van der Waals surface area (Å²) in [4.78, 5) is 3.82. The fraction of sp³-hybridized carbons (Fsp3) is 0.375. The van der Waals surface area contributed by atoms with Gasteiger partial charge in [-0.2, -0.15) is 13.2 Å². The van der Waals surface area contributed by atoms with Crippen molar-refractivity contribution in [2.75, 3.05) is 5.75 Å². The molecule has 0 spiro atoms. The maximum absolute atomic E-state index is 11.9. The monoisotopic (exact) mass is 223 g/mol. The summed E-state index contributed by atoms with van der Waals surface area (Å²) in [6.45, 7) is 0. The smallest absolute Gasteiger partial charge is 0.383 e. The highest BCUT2D eigenvalue weighted by Crippen LogP contribution is 2.25. The molecule has 0 saturated carbocycles. The highest BCUT2D eigenvalue weighted by atomic mass is 32.2. The lowest BCUT2D eigenvalue weighted by Crippen LogP contribution is -2.30. The lowest BCUT2D eigenvalue weighted by molar-refractivity contribution is -0.195. The molecule has 78 valence electrons. The van der Waals surface area contributed by atoms with Crippen LogP contribution in [-0.4, -0.2) is 28.1 Å². The fourth-order valence-corrected chi connectivity index (χ4v) is 1.52. The van der Waals surface area contributed by atoms with Crippen LogP contribution in [0.25, 0.3) is 0 Å². The van der Waals surface area contributed by atoms with Gasteiger partial charge in [0.05, 0.1) is 5.03 Å². The number of thioether (sulfide) groups is 1. The highest BCUT2D eigenvalue weighted by molar-refractivity contribution is 7.99. The number of hydrogen-bond donors (Lipinski definition) is 1. The lowest BCUT2D eigenvalue weighted by atomic mass is 10.4. The van der Waals surface area contributed by atoms with Gasteiger partial charge in [0.15, 0.2) is 6.10 Å². The van der Waals surface area contributed by atoms with Gasteiger partial charge < -0.3 is 5.11 Å². The van der Waals surface area contributed by atoms with Gasteiger partial charge >= 0.3 is 6.18 Å². The summed E-state index contributed by atoms with van der Waals surface area (Å²) in [5.41, 5.74) is 0. The molecule has 0 unspecified atom stereocenters. The molecule has 1 aromatic rings. The molecule has 0 aliphatic heterocycles. The molecular weight excluding hydrogens is 215 g/mol. The standard InChI is InChI=1S/C8H8F3NOS/c9-8(10,11)6(13)5-14-7-3-1-2-4-12-7/h1-4,6,13H,5H2/t6-/m0/s1. The molecule has 2 nitrogen and oxygen atoms in total. The van der Waals surface area contributed by atoms with Gasteiger partial charge in [0.25, 0.3) is 0 Å². The minimum absolute atomic E-state index is 0.430. The summed E-state index contributed by atoms with van der Waals surface area (Å²) in [6.07, 6.45) is -5.36. The molecule has 6 heteroatoms. The van der Waals surface area contributed by atoms with Crippen LogP contribution in [0, 0.1) is 0 Å². The Morgan fingerprint density at radius 3 is 2.64 bits per heavy atom. The molecule has 0 fully saturated rings. The summed E-state index contributed by atoms with van der Waals surface area (Å²) in [5.74, 6) is -0.430. The Labute approximate surface area is 83.2 Å². The van der Waals surface area contributed by atoms with E-state index in [0.29, 0.717) is 5.03 Å². The van der Waals surface area contributed by atoms with E-state index in [1.165, 1.54) is 6.20 Å². The Hall–Kier alpha value is -0.750. The van der Waals surface area contributed by atoms with Crippen molar-refractivity contribution in [1.29, 1.82) is 0 Å². The predicted molar refractivity (Wildman–Crippen MR) is 47.0 cm³/mol. The number of alkyl halides is 3. The Bertz CT molecular complexity index is 278. The van der Waals surface area contributed by atoms with E-state index in [0.717, 1.165) is 11.8 Å². The van der Waals surface area contributed by atoms with E-state index in [9.17, 15) is 13.2 Å². The molecule has 1 rings (SSSR count). The van der Waals surface area contributed by atoms with Crippen molar-refractivity contribution in [3.8, 4) is 0 Å². The van der Waals surface area contributed by atoms with Crippen molar-refractivity contribution in [2.24, 2.45) is 0 Å². The Morgan fingerprint density at radius 2 is 2.14 bits per heavy atom. The molecule has 1 N–H and O–H groups in total. The second-order valence-electron chi connectivity index (χ2n) is 2.54. The van der Waals surface area contributed by atoms with E-state index < -0.39 is 18.0 Å². The van der Waals surface area contributed by atoms with E-state index in [1.54, 1.807) is 18.2 Å². The predicted octanol–water partition coefficient (Wildman–Crippen LogP) is 2.10. The van der Waals surface area contributed by atoms with E-state index in [-0.39, 0.29) is 0 Å². The van der Waals surface area contributed by atoms with Gasteiger partial charge in [0, 0.05) is 11.9 Å². The number of aromatic nitrogens is 1. The van der Waals surface area contributed by atoms with Gasteiger partial charge in [-0.25, -0.2) is 4.98 Å². The summed E-state index contributed by atoms with van der Waals surface area (Å²) >= 11 is 0.874. The minimum atomic E-state index is -4.55.